The summed E-state index contributed by atoms with van der Waals surface area (Å²) in [6.45, 7) is 6.47. The summed E-state index contributed by atoms with van der Waals surface area (Å²) < 4.78 is 27.3. The number of rotatable bonds is 25. The molecule has 2 aromatic rings. The molecule has 1 atom stereocenters. The van der Waals surface area contributed by atoms with Crippen molar-refractivity contribution in [1.82, 2.24) is 10.2 Å². The summed E-state index contributed by atoms with van der Waals surface area (Å²) in [5.74, 6) is -3.12. The van der Waals surface area contributed by atoms with Gasteiger partial charge in [0, 0.05) is 31.7 Å². The Balaban J connectivity index is 0.942. The summed E-state index contributed by atoms with van der Waals surface area (Å²) in [6.07, 6.45) is 4.63. The molecule has 1 saturated heterocycles. The molecule has 15 heteroatoms. The summed E-state index contributed by atoms with van der Waals surface area (Å²) in [7, 11) is 0. The van der Waals surface area contributed by atoms with E-state index in [1.807, 2.05) is 12.1 Å². The molecule has 0 aliphatic carbocycles. The predicted molar refractivity (Wildman–Crippen MR) is 194 cm³/mol. The first-order valence-electron chi connectivity index (χ1n) is 18.3. The molecule has 3 N–H and O–H groups in total. The van der Waals surface area contributed by atoms with Gasteiger partial charge in [-0.15, -0.1) is 0 Å². The third-order valence-corrected chi connectivity index (χ3v) is 8.49. The third-order valence-electron chi connectivity index (χ3n) is 8.49. The van der Waals surface area contributed by atoms with Gasteiger partial charge in [0.2, 0.25) is 17.7 Å². The molecule has 2 aliphatic rings. The topological polar surface area (TPSA) is 188 Å². The van der Waals surface area contributed by atoms with Crippen LogP contribution in [0.4, 0.5) is 11.4 Å². The molecule has 0 saturated carbocycles. The first kappa shape index (κ1) is 41.1. The largest absolute Gasteiger partial charge is 0.460 e. The maximum atomic E-state index is 13.2. The van der Waals surface area contributed by atoms with Crippen molar-refractivity contribution in [3.05, 3.63) is 59.2 Å². The van der Waals surface area contributed by atoms with Gasteiger partial charge in [-0.05, 0) is 62.1 Å². The van der Waals surface area contributed by atoms with Gasteiger partial charge in [-0.3, -0.25) is 34.2 Å². The maximum absolute atomic E-state index is 13.2. The molecule has 2 aromatic carbocycles. The Hall–Kier alpha value is -4.70. The first-order valence-corrected chi connectivity index (χ1v) is 18.3. The van der Waals surface area contributed by atoms with Crippen molar-refractivity contribution in [1.29, 1.82) is 0 Å². The van der Waals surface area contributed by atoms with Crippen LogP contribution in [0.15, 0.2) is 42.5 Å². The maximum Gasteiger partial charge on any atom is 0.338 e. The van der Waals surface area contributed by atoms with Crippen molar-refractivity contribution in [3.63, 3.8) is 0 Å². The van der Waals surface area contributed by atoms with Gasteiger partial charge >= 0.3 is 5.97 Å². The van der Waals surface area contributed by atoms with Crippen LogP contribution in [-0.2, 0) is 38.1 Å². The fraction of sp³-hybridized carbons (Fsp3) is 0.526. The fourth-order valence-corrected chi connectivity index (χ4v) is 5.67. The number of nitrogens with zero attached hydrogens (tertiary/aromatic N) is 1. The van der Waals surface area contributed by atoms with Crippen LogP contribution < -0.4 is 16.0 Å². The summed E-state index contributed by atoms with van der Waals surface area (Å²) in [5, 5.41) is 8.20. The van der Waals surface area contributed by atoms with E-state index in [2.05, 4.69) is 22.9 Å². The van der Waals surface area contributed by atoms with Gasteiger partial charge in [-0.25, -0.2) is 4.79 Å². The minimum absolute atomic E-state index is 0.0265. The standard InChI is InChI=1S/C38H50N4O11/c1-2-3-17-39-28-13-11-27(12-14-28)38(48)53-26-25-52-24-23-51-22-21-50-20-19-49-18-6-4-5-10-32(43)40-30-9-7-8-29-34(30)37(47)42(36(29)46)31-15-16-33(44)41-35(31)45/h7-9,11-14,31,39H,2-6,10,15-26H2,1H3,(H,40,43)(H,41,44,45). The smallest absolute Gasteiger partial charge is 0.338 e. The van der Waals surface area contributed by atoms with E-state index in [0.29, 0.717) is 58.2 Å². The number of ether oxygens (including phenoxy) is 5. The highest BCUT2D eigenvalue weighted by Gasteiger charge is 2.45. The molecule has 2 heterocycles. The van der Waals surface area contributed by atoms with E-state index in [4.69, 9.17) is 23.7 Å². The summed E-state index contributed by atoms with van der Waals surface area (Å²) in [4.78, 5) is 75.6. The Kier molecular flexibility index (Phi) is 17.3. The molecule has 5 amide bonds. The quantitative estimate of drug-likeness (QED) is 0.0763. The van der Waals surface area contributed by atoms with Crippen molar-refractivity contribution >= 4 is 46.9 Å². The number of imide groups is 2. The van der Waals surface area contributed by atoms with Crippen LogP contribution >= 0.6 is 0 Å². The van der Waals surface area contributed by atoms with Crippen LogP contribution in [0.1, 0.15) is 89.4 Å². The number of hydrogen-bond acceptors (Lipinski definition) is 12. The van der Waals surface area contributed by atoms with E-state index in [1.165, 1.54) is 6.07 Å². The Labute approximate surface area is 309 Å². The van der Waals surface area contributed by atoms with Crippen LogP contribution in [0.25, 0.3) is 0 Å². The predicted octanol–water partition coefficient (Wildman–Crippen LogP) is 3.72. The monoisotopic (exact) mass is 738 g/mol. The summed E-state index contributed by atoms with van der Waals surface area (Å²) in [5.41, 5.74) is 1.84. The number of esters is 1. The molecule has 0 radical (unpaired) electrons. The molecule has 4 rings (SSSR count). The minimum Gasteiger partial charge on any atom is -0.460 e. The molecule has 1 unspecified atom stereocenters. The van der Waals surface area contributed by atoms with Crippen LogP contribution in [0.5, 0.6) is 0 Å². The van der Waals surface area contributed by atoms with Crippen LogP contribution in [0.3, 0.4) is 0 Å². The highest BCUT2D eigenvalue weighted by atomic mass is 16.6. The normalized spacial score (nSPS) is 15.3. The Morgan fingerprint density at radius 2 is 1.43 bits per heavy atom. The molecule has 1 fully saturated rings. The Morgan fingerprint density at radius 1 is 0.774 bits per heavy atom. The van der Waals surface area contributed by atoms with E-state index < -0.39 is 29.7 Å². The van der Waals surface area contributed by atoms with Crippen LogP contribution in [-0.4, -0.2) is 112 Å². The lowest BCUT2D eigenvalue weighted by molar-refractivity contribution is -0.136. The number of fused-ring (bicyclic) bond motifs is 1. The molecule has 0 aromatic heterocycles. The second-order valence-corrected chi connectivity index (χ2v) is 12.5. The average Bonchev–Trinajstić information content (AvgIpc) is 3.40. The number of carbonyl (C=O) groups excluding carboxylic acids is 6. The zero-order valence-electron chi connectivity index (χ0n) is 30.3. The van der Waals surface area contributed by atoms with Crippen molar-refractivity contribution in [2.24, 2.45) is 0 Å². The second kappa shape index (κ2) is 22.4. The van der Waals surface area contributed by atoms with Gasteiger partial charge in [-0.2, -0.15) is 0 Å². The fourth-order valence-electron chi connectivity index (χ4n) is 5.67. The number of piperidine rings is 1. The number of benzene rings is 2. The molecular weight excluding hydrogens is 688 g/mol. The van der Waals surface area contributed by atoms with Crippen molar-refractivity contribution < 1.29 is 52.5 Å². The first-order chi connectivity index (χ1) is 25.8. The molecule has 2 aliphatic heterocycles. The number of hydrogen-bond donors (Lipinski definition) is 3. The molecule has 15 nitrogen and oxygen atoms in total. The highest BCUT2D eigenvalue weighted by molar-refractivity contribution is 6.26. The highest BCUT2D eigenvalue weighted by Crippen LogP contribution is 2.32. The van der Waals surface area contributed by atoms with Gasteiger partial charge in [0.1, 0.15) is 12.6 Å². The third kappa shape index (κ3) is 13.0. The summed E-state index contributed by atoms with van der Waals surface area (Å²) >= 11 is 0. The number of nitrogens with one attached hydrogen (secondary N) is 3. The van der Waals surface area contributed by atoms with Crippen molar-refractivity contribution in [2.45, 2.75) is 64.3 Å². The zero-order chi connectivity index (χ0) is 37.8. The SMILES string of the molecule is CCCCNc1ccc(C(=O)OCCOCCOCCOCCOCCCCCC(=O)Nc2cccc3c2C(=O)N(C2CCC(=O)NC2=O)C3=O)cc1. The Morgan fingerprint density at radius 3 is 2.09 bits per heavy atom. The van der Waals surface area contributed by atoms with Crippen LogP contribution in [0.2, 0.25) is 0 Å². The van der Waals surface area contributed by atoms with E-state index in [1.54, 1.807) is 24.3 Å². The average molecular weight is 739 g/mol. The van der Waals surface area contributed by atoms with Crippen molar-refractivity contribution in [2.75, 3.05) is 76.6 Å². The van der Waals surface area contributed by atoms with Crippen molar-refractivity contribution in [3.8, 4) is 0 Å². The van der Waals surface area contributed by atoms with Gasteiger partial charge in [0.05, 0.1) is 68.6 Å². The molecule has 53 heavy (non-hydrogen) atoms. The Bertz CT molecular complexity index is 1550. The van der Waals surface area contributed by atoms with Gasteiger partial charge in [0.25, 0.3) is 11.8 Å². The lowest BCUT2D eigenvalue weighted by Gasteiger charge is -2.27. The molecule has 288 valence electrons. The van der Waals surface area contributed by atoms with E-state index in [0.717, 1.165) is 42.8 Å². The zero-order valence-corrected chi connectivity index (χ0v) is 30.3. The van der Waals surface area contributed by atoms with Gasteiger partial charge in [-0.1, -0.05) is 25.8 Å². The molecular formula is C38H50N4O11. The van der Waals surface area contributed by atoms with Crippen LogP contribution in [0, 0.1) is 0 Å². The lowest BCUT2D eigenvalue weighted by Crippen LogP contribution is -2.54. The van der Waals surface area contributed by atoms with E-state index >= 15 is 0 Å². The molecule has 0 bridgehead atoms. The number of amides is 5. The van der Waals surface area contributed by atoms with E-state index in [-0.39, 0.29) is 61.2 Å². The lowest BCUT2D eigenvalue weighted by atomic mass is 10.0. The summed E-state index contributed by atoms with van der Waals surface area (Å²) in [6, 6.07) is 10.7. The second-order valence-electron chi connectivity index (χ2n) is 12.5. The van der Waals surface area contributed by atoms with Gasteiger partial charge < -0.3 is 34.3 Å². The minimum atomic E-state index is -1.08. The van der Waals surface area contributed by atoms with E-state index in [9.17, 15) is 28.8 Å². The number of anilines is 2. The number of carbonyl (C=O) groups is 6. The number of unbranched alkanes of at least 4 members (excludes halogenated alkanes) is 3. The molecule has 0 spiro atoms. The van der Waals surface area contributed by atoms with Gasteiger partial charge in [0.15, 0.2) is 0 Å².